The maximum Gasteiger partial charge on any atom is 0.346 e. The third-order valence-corrected chi connectivity index (χ3v) is 3.32. The molecule has 0 atom stereocenters. The van der Waals surface area contributed by atoms with Crippen LogP contribution >= 0.6 is 11.5 Å². The van der Waals surface area contributed by atoms with Gasteiger partial charge in [0.15, 0.2) is 0 Å². The molecule has 1 aromatic carbocycles. The van der Waals surface area contributed by atoms with Crippen LogP contribution in [0.15, 0.2) is 30.3 Å². The predicted molar refractivity (Wildman–Crippen MR) is 76.1 cm³/mol. The summed E-state index contributed by atoms with van der Waals surface area (Å²) in [4.78, 5) is 16.4. The van der Waals surface area contributed by atoms with Gasteiger partial charge in [0.25, 0.3) is 0 Å². The molecular weight excluding hydrogens is 262 g/mol. The molecule has 0 radical (unpaired) electrons. The van der Waals surface area contributed by atoms with Gasteiger partial charge in [-0.2, -0.15) is 4.37 Å². The lowest BCUT2D eigenvalue weighted by Gasteiger charge is -2.12. The first-order valence-corrected chi connectivity index (χ1v) is 6.50. The van der Waals surface area contributed by atoms with Gasteiger partial charge in [0, 0.05) is 18.7 Å². The second kappa shape index (κ2) is 5.81. The first kappa shape index (κ1) is 13.5. The number of nitrogens with zero attached hydrogens (tertiary/aromatic N) is 2. The summed E-state index contributed by atoms with van der Waals surface area (Å²) >= 11 is 1.24. The van der Waals surface area contributed by atoms with Crippen molar-refractivity contribution in [3.05, 3.63) is 35.9 Å². The van der Waals surface area contributed by atoms with Crippen LogP contribution in [0.25, 0.3) is 11.3 Å². The normalized spacial score (nSPS) is 10.3. The Kier molecular flexibility index (Phi) is 4.13. The van der Waals surface area contributed by atoms with Crippen LogP contribution in [-0.2, 0) is 4.84 Å². The molecule has 0 saturated carbocycles. The van der Waals surface area contributed by atoms with Crippen molar-refractivity contribution in [1.29, 1.82) is 0 Å². The van der Waals surface area contributed by atoms with Crippen molar-refractivity contribution in [3.63, 3.8) is 0 Å². The van der Waals surface area contributed by atoms with E-state index in [1.54, 1.807) is 0 Å². The highest BCUT2D eigenvalue weighted by Gasteiger charge is 2.11. The Labute approximate surface area is 115 Å². The Morgan fingerprint density at radius 2 is 2.21 bits per heavy atom. The predicted octanol–water partition coefficient (Wildman–Crippen LogP) is 3.14. The average molecular weight is 277 g/mol. The Bertz CT molecular complexity index is 583. The van der Waals surface area contributed by atoms with Crippen molar-refractivity contribution < 1.29 is 9.63 Å². The number of nitrogens with one attached hydrogen (secondary N) is 1. The smallest absolute Gasteiger partial charge is 0.296 e. The Hall–Kier alpha value is -1.92. The van der Waals surface area contributed by atoms with E-state index < -0.39 is 0 Å². The fourth-order valence-corrected chi connectivity index (χ4v) is 2.19. The van der Waals surface area contributed by atoms with Crippen LogP contribution in [0, 0.1) is 6.92 Å². The number of amides is 2. The van der Waals surface area contributed by atoms with Gasteiger partial charge in [-0.25, -0.2) is 9.86 Å². The van der Waals surface area contributed by atoms with Crippen LogP contribution < -0.4 is 5.32 Å². The number of hydroxylamine groups is 2. The second-order valence-electron chi connectivity index (χ2n) is 4.06. The average Bonchev–Trinajstić information content (AvgIpc) is 2.86. The van der Waals surface area contributed by atoms with Crippen LogP contribution in [0.2, 0.25) is 0 Å². The molecule has 1 N–H and O–H groups in total. The highest BCUT2D eigenvalue weighted by molar-refractivity contribution is 7.10. The first-order valence-electron chi connectivity index (χ1n) is 5.72. The van der Waals surface area contributed by atoms with Crippen molar-refractivity contribution in [2.45, 2.75) is 6.92 Å². The topological polar surface area (TPSA) is 54.5 Å². The molecule has 2 amide bonds. The molecule has 0 aliphatic carbocycles. The molecule has 2 rings (SSSR count). The molecule has 0 aliphatic rings. The third kappa shape index (κ3) is 3.30. The monoisotopic (exact) mass is 277 g/mol. The number of carbonyl (C=O) groups is 1. The molecule has 0 spiro atoms. The minimum atomic E-state index is -0.332. The molecule has 6 heteroatoms. The molecule has 1 heterocycles. The van der Waals surface area contributed by atoms with E-state index in [2.05, 4.69) is 15.8 Å². The summed E-state index contributed by atoms with van der Waals surface area (Å²) in [6.07, 6.45) is 0. The van der Waals surface area contributed by atoms with Gasteiger partial charge >= 0.3 is 6.03 Å². The van der Waals surface area contributed by atoms with Crippen LogP contribution in [0.4, 0.5) is 9.80 Å². The van der Waals surface area contributed by atoms with Crippen molar-refractivity contribution in [3.8, 4) is 11.3 Å². The zero-order chi connectivity index (χ0) is 13.8. The van der Waals surface area contributed by atoms with E-state index in [0.29, 0.717) is 5.00 Å². The zero-order valence-corrected chi connectivity index (χ0v) is 11.8. The SMILES string of the molecule is CON(C)C(=O)Nc1cc(-c2cccc(C)c2)ns1. The van der Waals surface area contributed by atoms with Crippen LogP contribution in [0.5, 0.6) is 0 Å². The fourth-order valence-electron chi connectivity index (χ4n) is 1.54. The van der Waals surface area contributed by atoms with Crippen LogP contribution in [0.1, 0.15) is 5.56 Å². The quantitative estimate of drug-likeness (QED) is 0.877. The highest BCUT2D eigenvalue weighted by Crippen LogP contribution is 2.26. The molecule has 100 valence electrons. The van der Waals surface area contributed by atoms with Gasteiger partial charge in [-0.3, -0.25) is 10.2 Å². The van der Waals surface area contributed by atoms with Gasteiger partial charge in [0.05, 0.1) is 12.8 Å². The molecule has 5 nitrogen and oxygen atoms in total. The summed E-state index contributed by atoms with van der Waals surface area (Å²) in [6, 6.07) is 9.59. The van der Waals surface area contributed by atoms with Gasteiger partial charge in [-0.15, -0.1) is 0 Å². The van der Waals surface area contributed by atoms with E-state index in [4.69, 9.17) is 4.84 Å². The summed E-state index contributed by atoms with van der Waals surface area (Å²) < 4.78 is 4.33. The maximum absolute atomic E-state index is 11.6. The highest BCUT2D eigenvalue weighted by atomic mass is 32.1. The zero-order valence-electron chi connectivity index (χ0n) is 11.0. The first-order chi connectivity index (χ1) is 9.10. The molecule has 0 aliphatic heterocycles. The van der Waals surface area contributed by atoms with Crippen molar-refractivity contribution in [2.24, 2.45) is 0 Å². The number of aryl methyl sites for hydroxylation is 1. The minimum absolute atomic E-state index is 0.332. The number of rotatable bonds is 3. The number of benzene rings is 1. The number of aromatic nitrogens is 1. The second-order valence-corrected chi connectivity index (χ2v) is 4.86. The van der Waals surface area contributed by atoms with Gasteiger partial charge in [-0.05, 0) is 24.5 Å². The molecular formula is C13H15N3O2S. The lowest BCUT2D eigenvalue weighted by molar-refractivity contribution is -0.0597. The molecule has 1 aromatic heterocycles. The maximum atomic E-state index is 11.6. The lowest BCUT2D eigenvalue weighted by atomic mass is 10.1. The molecule has 0 saturated heterocycles. The number of hydrogen-bond donors (Lipinski definition) is 1. The van der Waals surface area contributed by atoms with Gasteiger partial charge in [-0.1, -0.05) is 23.8 Å². The molecule has 2 aromatic rings. The van der Waals surface area contributed by atoms with Gasteiger partial charge < -0.3 is 0 Å². The number of carbonyl (C=O) groups excluding carboxylic acids is 1. The van der Waals surface area contributed by atoms with E-state index in [1.165, 1.54) is 31.3 Å². The van der Waals surface area contributed by atoms with Gasteiger partial charge in [0.1, 0.15) is 5.00 Å². The van der Waals surface area contributed by atoms with E-state index in [9.17, 15) is 4.79 Å². The largest absolute Gasteiger partial charge is 0.346 e. The molecule has 19 heavy (non-hydrogen) atoms. The Morgan fingerprint density at radius 3 is 2.89 bits per heavy atom. The number of anilines is 1. The number of urea groups is 1. The van der Waals surface area contributed by atoms with E-state index in [0.717, 1.165) is 16.3 Å². The van der Waals surface area contributed by atoms with Crippen molar-refractivity contribution in [1.82, 2.24) is 9.44 Å². The van der Waals surface area contributed by atoms with Crippen LogP contribution in [0.3, 0.4) is 0 Å². The molecule has 0 bridgehead atoms. The standard InChI is InChI=1S/C13H15N3O2S/c1-9-5-4-6-10(7-9)11-8-12(19-15-11)14-13(17)16(2)18-3/h4-8H,1-3H3,(H,14,17). The van der Waals surface area contributed by atoms with Gasteiger partial charge in [0.2, 0.25) is 0 Å². The minimum Gasteiger partial charge on any atom is -0.296 e. The summed E-state index contributed by atoms with van der Waals surface area (Å²) in [5, 5.41) is 4.52. The Morgan fingerprint density at radius 1 is 1.42 bits per heavy atom. The molecule has 0 unspecified atom stereocenters. The summed E-state index contributed by atoms with van der Waals surface area (Å²) in [5.74, 6) is 0. The third-order valence-electron chi connectivity index (χ3n) is 2.61. The van der Waals surface area contributed by atoms with E-state index in [1.807, 2.05) is 31.2 Å². The summed E-state index contributed by atoms with van der Waals surface area (Å²) in [6.45, 7) is 2.03. The van der Waals surface area contributed by atoms with E-state index >= 15 is 0 Å². The van der Waals surface area contributed by atoms with Crippen molar-refractivity contribution >= 4 is 22.6 Å². The lowest BCUT2D eigenvalue weighted by Crippen LogP contribution is -2.29. The molecule has 0 fully saturated rings. The number of hydrogen-bond acceptors (Lipinski definition) is 4. The Balaban J connectivity index is 2.13. The summed E-state index contributed by atoms with van der Waals surface area (Å²) in [7, 11) is 2.97. The fraction of sp³-hybridized carbons (Fsp3) is 0.231. The van der Waals surface area contributed by atoms with Crippen molar-refractivity contribution in [2.75, 3.05) is 19.5 Å². The summed E-state index contributed by atoms with van der Waals surface area (Å²) in [5.41, 5.74) is 3.07. The van der Waals surface area contributed by atoms with Crippen LogP contribution in [-0.4, -0.2) is 29.6 Å². The van der Waals surface area contributed by atoms with E-state index in [-0.39, 0.29) is 6.03 Å².